The maximum Gasteiger partial charge on any atom is 0.265 e. The summed E-state index contributed by atoms with van der Waals surface area (Å²) >= 11 is 0. The molecule has 104 valence electrons. The predicted molar refractivity (Wildman–Crippen MR) is 80.8 cm³/mol. The van der Waals surface area contributed by atoms with Gasteiger partial charge in [0.05, 0.1) is 11.7 Å². The molecule has 0 fully saturated rings. The van der Waals surface area contributed by atoms with E-state index < -0.39 is 5.91 Å². The molecule has 2 N–H and O–H groups in total. The molecule has 0 bridgehead atoms. The Bertz CT molecular complexity index is 573. The predicted octanol–water partition coefficient (Wildman–Crippen LogP) is 2.75. The molecule has 1 aromatic rings. The summed E-state index contributed by atoms with van der Waals surface area (Å²) in [5, 5.41) is 6.26. The molecular weight excluding hydrogens is 250 g/mol. The van der Waals surface area contributed by atoms with Crippen molar-refractivity contribution in [3.8, 4) is 0 Å². The Morgan fingerprint density at radius 1 is 1.35 bits per heavy atom. The summed E-state index contributed by atoms with van der Waals surface area (Å²) in [7, 11) is 0. The number of nitrogens with zero attached hydrogens (tertiary/aromatic N) is 2. The summed E-state index contributed by atoms with van der Waals surface area (Å²) in [5.41, 5.74) is 7.88. The van der Waals surface area contributed by atoms with Gasteiger partial charge in [0.2, 0.25) is 0 Å². The summed E-state index contributed by atoms with van der Waals surface area (Å²) in [4.78, 5) is 11.4. The lowest BCUT2D eigenvalue weighted by Crippen LogP contribution is -2.21. The fourth-order valence-corrected chi connectivity index (χ4v) is 2.31. The summed E-state index contributed by atoms with van der Waals surface area (Å²) in [5.74, 6) is -0.454. The van der Waals surface area contributed by atoms with Gasteiger partial charge in [-0.25, -0.2) is 0 Å². The first-order valence-corrected chi connectivity index (χ1v) is 6.67. The fourth-order valence-electron chi connectivity index (χ4n) is 2.31. The molecule has 0 radical (unpaired) electrons. The highest BCUT2D eigenvalue weighted by molar-refractivity contribution is 6.38. The zero-order chi connectivity index (χ0) is 14.5. The zero-order valence-electron chi connectivity index (χ0n) is 11.8. The average molecular weight is 269 g/mol. The molecule has 4 nitrogen and oxygen atoms in total. The van der Waals surface area contributed by atoms with E-state index in [2.05, 4.69) is 5.10 Å². The summed E-state index contributed by atoms with van der Waals surface area (Å²) in [6.07, 6.45) is 6.44. The number of hydrazone groups is 1. The molecule has 20 heavy (non-hydrogen) atoms. The summed E-state index contributed by atoms with van der Waals surface area (Å²) in [6.45, 7) is 3.91. The van der Waals surface area contributed by atoms with Gasteiger partial charge in [-0.3, -0.25) is 9.80 Å². The fraction of sp³-hybridized carbons (Fsp3) is 0.250. The van der Waals surface area contributed by atoms with Gasteiger partial charge in [-0.05, 0) is 25.5 Å². The maximum atomic E-state index is 11.4. The Labute approximate surface area is 119 Å². The van der Waals surface area contributed by atoms with Crippen molar-refractivity contribution >= 4 is 11.6 Å². The molecule has 0 saturated carbocycles. The molecule has 0 spiro atoms. The first kappa shape index (κ1) is 14.1. The number of primary amides is 1. The minimum atomic E-state index is -0.454. The van der Waals surface area contributed by atoms with E-state index in [1.807, 2.05) is 67.4 Å². The molecule has 1 atom stereocenters. The van der Waals surface area contributed by atoms with Crippen LogP contribution in [0, 0.1) is 0 Å². The third-order valence-corrected chi connectivity index (χ3v) is 3.28. The van der Waals surface area contributed by atoms with Gasteiger partial charge in [-0.1, -0.05) is 42.5 Å². The van der Waals surface area contributed by atoms with E-state index in [1.165, 1.54) is 0 Å². The molecule has 1 aromatic carbocycles. The first-order chi connectivity index (χ1) is 9.67. The van der Waals surface area contributed by atoms with Gasteiger partial charge in [-0.2, -0.15) is 5.10 Å². The van der Waals surface area contributed by atoms with Crippen molar-refractivity contribution in [3.05, 3.63) is 59.8 Å². The van der Waals surface area contributed by atoms with E-state index >= 15 is 0 Å². The number of allylic oxidation sites excluding steroid dienone is 3. The molecule has 0 aromatic heterocycles. The lowest BCUT2D eigenvalue weighted by Gasteiger charge is -2.24. The highest BCUT2D eigenvalue weighted by Crippen LogP contribution is 2.34. The van der Waals surface area contributed by atoms with Crippen LogP contribution in [0.2, 0.25) is 0 Å². The van der Waals surface area contributed by atoms with E-state index in [0.717, 1.165) is 11.3 Å². The topological polar surface area (TPSA) is 58.7 Å². The minimum Gasteiger partial charge on any atom is -0.364 e. The Morgan fingerprint density at radius 2 is 2.05 bits per heavy atom. The van der Waals surface area contributed by atoms with Crippen LogP contribution in [-0.2, 0) is 4.79 Å². The number of hydrogen-bond donors (Lipinski definition) is 1. The number of rotatable bonds is 4. The Morgan fingerprint density at radius 3 is 2.60 bits per heavy atom. The molecule has 0 aliphatic carbocycles. The summed E-state index contributed by atoms with van der Waals surface area (Å²) < 4.78 is 0. The van der Waals surface area contributed by atoms with Gasteiger partial charge >= 0.3 is 0 Å². The quantitative estimate of drug-likeness (QED) is 0.854. The van der Waals surface area contributed by atoms with Crippen LogP contribution in [0.15, 0.2) is 59.4 Å². The molecular formula is C16H19N3O. The summed E-state index contributed by atoms with van der Waals surface area (Å²) in [6, 6.07) is 10.0. The Kier molecular flexibility index (Phi) is 4.35. The highest BCUT2D eigenvalue weighted by Gasteiger charge is 2.31. The maximum absolute atomic E-state index is 11.4. The smallest absolute Gasteiger partial charge is 0.265 e. The number of hydrogen-bond acceptors (Lipinski definition) is 3. The largest absolute Gasteiger partial charge is 0.364 e. The standard InChI is InChI=1S/C16H19N3O/c1-3-8-13(4-2)19-15(11-14(18-19)16(17)20)12-9-6-5-7-10-12/h3-10,15H,11H2,1-2H3,(H2,17,20)/b8-3-,13-4+. The van der Waals surface area contributed by atoms with Gasteiger partial charge in [0.1, 0.15) is 5.71 Å². The monoisotopic (exact) mass is 269 g/mol. The van der Waals surface area contributed by atoms with E-state index in [9.17, 15) is 4.79 Å². The third kappa shape index (κ3) is 2.79. The van der Waals surface area contributed by atoms with Gasteiger partial charge in [0, 0.05) is 6.42 Å². The Balaban J connectivity index is 2.39. The Hall–Kier alpha value is -2.36. The van der Waals surface area contributed by atoms with Gasteiger partial charge in [-0.15, -0.1) is 0 Å². The second-order valence-corrected chi connectivity index (χ2v) is 4.60. The van der Waals surface area contributed by atoms with E-state index in [1.54, 1.807) is 0 Å². The lowest BCUT2D eigenvalue weighted by atomic mass is 10.0. The van der Waals surface area contributed by atoms with Crippen molar-refractivity contribution in [3.63, 3.8) is 0 Å². The van der Waals surface area contributed by atoms with Crippen molar-refractivity contribution in [2.45, 2.75) is 26.3 Å². The lowest BCUT2D eigenvalue weighted by molar-refractivity contribution is -0.112. The van der Waals surface area contributed by atoms with Crippen molar-refractivity contribution < 1.29 is 4.79 Å². The van der Waals surface area contributed by atoms with Crippen LogP contribution in [0.25, 0.3) is 0 Å². The molecule has 1 unspecified atom stereocenters. The second-order valence-electron chi connectivity index (χ2n) is 4.60. The van der Waals surface area contributed by atoms with Crippen molar-refractivity contribution in [1.82, 2.24) is 5.01 Å². The van der Waals surface area contributed by atoms with Crippen molar-refractivity contribution in [1.29, 1.82) is 0 Å². The number of nitrogens with two attached hydrogens (primary N) is 1. The SMILES string of the molecule is C/C=C\C(=C/C)N1N=C(C(N)=O)CC1c1ccccc1. The van der Waals surface area contributed by atoms with Crippen LogP contribution < -0.4 is 5.73 Å². The van der Waals surface area contributed by atoms with Crippen molar-refractivity contribution in [2.75, 3.05) is 0 Å². The molecule has 1 aliphatic rings. The minimum absolute atomic E-state index is 0.0149. The van der Waals surface area contributed by atoms with Crippen LogP contribution in [0.4, 0.5) is 0 Å². The molecule has 0 saturated heterocycles. The molecule has 1 aliphatic heterocycles. The van der Waals surface area contributed by atoms with Crippen LogP contribution >= 0.6 is 0 Å². The van der Waals surface area contributed by atoms with Crippen LogP contribution in [0.5, 0.6) is 0 Å². The molecule has 2 rings (SSSR count). The van der Waals surface area contributed by atoms with Gasteiger partial charge in [0.25, 0.3) is 5.91 Å². The molecule has 4 heteroatoms. The third-order valence-electron chi connectivity index (χ3n) is 3.28. The van der Waals surface area contributed by atoms with Gasteiger partial charge in [0.15, 0.2) is 0 Å². The highest BCUT2D eigenvalue weighted by atomic mass is 16.1. The number of carbonyl (C=O) groups excluding carboxylic acids is 1. The number of amides is 1. The van der Waals surface area contributed by atoms with E-state index in [4.69, 9.17) is 5.73 Å². The second kappa shape index (κ2) is 6.19. The van der Waals surface area contributed by atoms with E-state index in [0.29, 0.717) is 12.1 Å². The van der Waals surface area contributed by atoms with Crippen LogP contribution in [0.3, 0.4) is 0 Å². The van der Waals surface area contributed by atoms with E-state index in [-0.39, 0.29) is 6.04 Å². The van der Waals surface area contributed by atoms with Crippen molar-refractivity contribution in [2.24, 2.45) is 10.8 Å². The molecule has 1 heterocycles. The van der Waals surface area contributed by atoms with Crippen LogP contribution in [0.1, 0.15) is 31.9 Å². The molecule has 1 amide bonds. The zero-order valence-corrected chi connectivity index (χ0v) is 11.8. The normalized spacial score (nSPS) is 19.5. The number of benzene rings is 1. The number of carbonyl (C=O) groups is 1. The van der Waals surface area contributed by atoms with Crippen LogP contribution in [-0.4, -0.2) is 16.6 Å². The van der Waals surface area contributed by atoms with Gasteiger partial charge < -0.3 is 5.73 Å². The first-order valence-electron chi connectivity index (χ1n) is 6.67. The average Bonchev–Trinajstić information content (AvgIpc) is 2.91.